The Bertz CT molecular complexity index is 1240. The summed E-state index contributed by atoms with van der Waals surface area (Å²) in [6, 6.07) is 11.4. The molecule has 32 heavy (non-hydrogen) atoms. The van der Waals surface area contributed by atoms with E-state index in [0.717, 1.165) is 21.8 Å². The fourth-order valence-electron chi connectivity index (χ4n) is 3.21. The summed E-state index contributed by atoms with van der Waals surface area (Å²) in [6.45, 7) is 0. The number of thiazole rings is 1. The van der Waals surface area contributed by atoms with E-state index in [9.17, 15) is 9.59 Å². The van der Waals surface area contributed by atoms with Crippen molar-refractivity contribution in [2.45, 2.75) is 0 Å². The van der Waals surface area contributed by atoms with Crippen molar-refractivity contribution in [3.8, 4) is 21.8 Å². The lowest BCUT2D eigenvalue weighted by molar-refractivity contribution is -0.139. The molecule has 160 valence electrons. The number of allylic oxidation sites excluding steroid dienone is 2. The van der Waals surface area contributed by atoms with Gasteiger partial charge in [-0.3, -0.25) is 4.98 Å². The highest BCUT2D eigenvalue weighted by molar-refractivity contribution is 7.13. The van der Waals surface area contributed by atoms with E-state index in [2.05, 4.69) is 4.98 Å². The first-order valence-electron chi connectivity index (χ1n) is 9.63. The van der Waals surface area contributed by atoms with Gasteiger partial charge in [0.2, 0.25) is 0 Å². The smallest absolute Gasteiger partial charge is 0.355 e. The number of methoxy groups -OCH3 is 2. The molecule has 3 aromatic rings. The monoisotopic (exact) mass is 445 g/mol. The summed E-state index contributed by atoms with van der Waals surface area (Å²) in [5, 5.41) is 2.80. The van der Waals surface area contributed by atoms with Gasteiger partial charge in [0.25, 0.3) is 0 Å². The Morgan fingerprint density at radius 3 is 2.56 bits per heavy atom. The van der Waals surface area contributed by atoms with Crippen molar-refractivity contribution in [3.05, 3.63) is 89.9 Å². The summed E-state index contributed by atoms with van der Waals surface area (Å²) in [6.07, 6.45) is 10.1. The van der Waals surface area contributed by atoms with Crippen molar-refractivity contribution in [2.75, 3.05) is 19.1 Å². The van der Waals surface area contributed by atoms with Gasteiger partial charge in [0.15, 0.2) is 0 Å². The number of rotatable bonds is 5. The molecular weight excluding hydrogens is 426 g/mol. The van der Waals surface area contributed by atoms with Crippen molar-refractivity contribution in [2.24, 2.45) is 0 Å². The molecule has 1 aliphatic heterocycles. The number of carbonyl (C=O) groups excluding carboxylic acids is 2. The molecule has 0 N–H and O–H groups in total. The molecule has 0 saturated heterocycles. The van der Waals surface area contributed by atoms with E-state index in [1.54, 1.807) is 35.6 Å². The topological polar surface area (TPSA) is 81.6 Å². The standard InChI is InChI=1S/C24H19N3O4S/c1-30-23(28)19-10-3-4-12-27(21(19)24(29)31-2)18-9-5-7-16(13-18)22-26-20(15-32-22)17-8-6-11-25-14-17/h3-15H,1-2H3. The largest absolute Gasteiger partial charge is 0.465 e. The van der Waals surface area contributed by atoms with Gasteiger partial charge in [0, 0.05) is 40.8 Å². The molecule has 1 aromatic carbocycles. The van der Waals surface area contributed by atoms with E-state index in [0.29, 0.717) is 5.69 Å². The van der Waals surface area contributed by atoms with Crippen LogP contribution in [-0.2, 0) is 19.1 Å². The van der Waals surface area contributed by atoms with Gasteiger partial charge in [-0.05, 0) is 36.4 Å². The molecule has 0 radical (unpaired) electrons. The fraction of sp³-hybridized carbons (Fsp3) is 0.0833. The molecule has 7 nitrogen and oxygen atoms in total. The average molecular weight is 446 g/mol. The van der Waals surface area contributed by atoms with Crippen LogP contribution in [0.15, 0.2) is 89.9 Å². The number of ether oxygens (including phenoxy) is 2. The lowest BCUT2D eigenvalue weighted by atomic mass is 10.1. The molecule has 8 heteroatoms. The normalized spacial score (nSPS) is 13.1. The highest BCUT2D eigenvalue weighted by Crippen LogP contribution is 2.33. The number of benzene rings is 1. The van der Waals surface area contributed by atoms with Crippen molar-refractivity contribution >= 4 is 29.0 Å². The zero-order valence-corrected chi connectivity index (χ0v) is 18.2. The van der Waals surface area contributed by atoms with Crippen LogP contribution in [0, 0.1) is 0 Å². The van der Waals surface area contributed by atoms with Gasteiger partial charge in [0.1, 0.15) is 10.7 Å². The van der Waals surface area contributed by atoms with Gasteiger partial charge in [-0.2, -0.15) is 0 Å². The SMILES string of the molecule is COC(=O)C1=C(C(=O)OC)N(c2cccc(-c3nc(-c4cccnc4)cs3)c2)C=CC=C1. The van der Waals surface area contributed by atoms with Crippen LogP contribution in [0.1, 0.15) is 0 Å². The van der Waals surface area contributed by atoms with Gasteiger partial charge in [-0.1, -0.05) is 18.2 Å². The number of hydrogen-bond donors (Lipinski definition) is 0. The highest BCUT2D eigenvalue weighted by Gasteiger charge is 2.27. The quantitative estimate of drug-likeness (QED) is 0.540. The minimum atomic E-state index is -0.653. The number of hydrogen-bond acceptors (Lipinski definition) is 8. The van der Waals surface area contributed by atoms with Gasteiger partial charge in [0.05, 0.1) is 25.5 Å². The lowest BCUT2D eigenvalue weighted by Gasteiger charge is -2.23. The summed E-state index contributed by atoms with van der Waals surface area (Å²) in [7, 11) is 2.54. The summed E-state index contributed by atoms with van der Waals surface area (Å²) >= 11 is 1.51. The number of pyridine rings is 1. The Morgan fingerprint density at radius 2 is 1.81 bits per heavy atom. The van der Waals surface area contributed by atoms with Crippen molar-refractivity contribution in [3.63, 3.8) is 0 Å². The van der Waals surface area contributed by atoms with E-state index in [4.69, 9.17) is 14.5 Å². The van der Waals surface area contributed by atoms with Crippen LogP contribution in [0.25, 0.3) is 21.8 Å². The minimum Gasteiger partial charge on any atom is -0.465 e. The van der Waals surface area contributed by atoms with Gasteiger partial charge in [-0.25, -0.2) is 14.6 Å². The van der Waals surface area contributed by atoms with Gasteiger partial charge >= 0.3 is 11.9 Å². The van der Waals surface area contributed by atoms with Crippen LogP contribution in [0.2, 0.25) is 0 Å². The molecule has 0 amide bonds. The van der Waals surface area contributed by atoms with Crippen LogP contribution in [0.4, 0.5) is 5.69 Å². The summed E-state index contributed by atoms with van der Waals surface area (Å²) in [5.74, 6) is -1.28. The fourth-order valence-corrected chi connectivity index (χ4v) is 4.03. The van der Waals surface area contributed by atoms with Crippen LogP contribution >= 0.6 is 11.3 Å². The zero-order valence-electron chi connectivity index (χ0n) is 17.4. The second kappa shape index (κ2) is 9.40. The number of carbonyl (C=O) groups is 2. The van der Waals surface area contributed by atoms with Crippen LogP contribution in [0.5, 0.6) is 0 Å². The summed E-state index contributed by atoms with van der Waals surface area (Å²) in [5.41, 5.74) is 3.48. The molecule has 3 heterocycles. The van der Waals surface area contributed by atoms with Crippen LogP contribution in [0.3, 0.4) is 0 Å². The summed E-state index contributed by atoms with van der Waals surface area (Å²) in [4.78, 5) is 35.5. The molecule has 0 fully saturated rings. The zero-order chi connectivity index (χ0) is 22.5. The van der Waals surface area contributed by atoms with Crippen LogP contribution < -0.4 is 4.90 Å². The van der Waals surface area contributed by atoms with E-state index in [1.165, 1.54) is 31.6 Å². The van der Waals surface area contributed by atoms with Crippen molar-refractivity contribution in [1.82, 2.24) is 9.97 Å². The van der Waals surface area contributed by atoms with E-state index < -0.39 is 11.9 Å². The molecule has 0 atom stereocenters. The number of aromatic nitrogens is 2. The molecule has 2 aromatic heterocycles. The van der Waals surface area contributed by atoms with Crippen LogP contribution in [-0.4, -0.2) is 36.1 Å². The molecular formula is C24H19N3O4S. The number of anilines is 1. The molecule has 0 saturated carbocycles. The van der Waals surface area contributed by atoms with Gasteiger partial charge in [-0.15, -0.1) is 11.3 Å². The molecule has 0 aliphatic carbocycles. The third-order valence-corrected chi connectivity index (χ3v) is 5.61. The Morgan fingerprint density at radius 1 is 1.00 bits per heavy atom. The minimum absolute atomic E-state index is 0.0664. The second-order valence-corrected chi connectivity index (χ2v) is 7.50. The van der Waals surface area contributed by atoms with Gasteiger partial charge < -0.3 is 14.4 Å². The predicted molar refractivity (Wildman–Crippen MR) is 123 cm³/mol. The average Bonchev–Trinajstić information content (AvgIpc) is 3.24. The second-order valence-electron chi connectivity index (χ2n) is 6.65. The molecule has 1 aliphatic rings. The highest BCUT2D eigenvalue weighted by atomic mass is 32.1. The number of esters is 2. The maximum Gasteiger partial charge on any atom is 0.355 e. The van der Waals surface area contributed by atoms with Crippen molar-refractivity contribution in [1.29, 1.82) is 0 Å². The third-order valence-electron chi connectivity index (χ3n) is 4.72. The predicted octanol–water partition coefficient (Wildman–Crippen LogP) is 4.36. The first-order chi connectivity index (χ1) is 15.6. The Labute approximate surface area is 189 Å². The maximum atomic E-state index is 12.6. The maximum absolute atomic E-state index is 12.6. The first kappa shape index (κ1) is 21.2. The Kier molecular flexibility index (Phi) is 6.23. The van der Waals surface area contributed by atoms with E-state index >= 15 is 0 Å². The Balaban J connectivity index is 1.76. The Hall–Kier alpha value is -4.04. The molecule has 0 unspecified atom stereocenters. The van der Waals surface area contributed by atoms with Crippen molar-refractivity contribution < 1.29 is 19.1 Å². The lowest BCUT2D eigenvalue weighted by Crippen LogP contribution is -2.26. The summed E-state index contributed by atoms with van der Waals surface area (Å²) < 4.78 is 9.83. The molecule has 0 bridgehead atoms. The molecule has 0 spiro atoms. The third kappa shape index (κ3) is 4.21. The molecule has 4 rings (SSSR count). The first-order valence-corrected chi connectivity index (χ1v) is 10.5. The van der Waals surface area contributed by atoms with E-state index in [1.807, 2.05) is 41.8 Å². The number of nitrogens with zero attached hydrogens (tertiary/aromatic N) is 3. The van der Waals surface area contributed by atoms with E-state index in [-0.39, 0.29) is 11.3 Å².